The summed E-state index contributed by atoms with van der Waals surface area (Å²) < 4.78 is 28.8. The standard InChI is InChI=1S/C26H33ClF2N6O2/c1-19(36)30-23-5-12-35(31-23)24(37)33-13-7-25(8-14-33)6-2-11-34(25)18-20-3-4-21(27)17-22(20)32-15-9-26(28,29)10-16-32/h3-5,12,17H,2,6-11,13-16,18H2,1H3,(H,30,31,36). The molecule has 37 heavy (non-hydrogen) atoms. The molecule has 3 saturated heterocycles. The van der Waals surface area contributed by atoms with Crippen LogP contribution in [0.3, 0.4) is 0 Å². The number of benzene rings is 1. The fourth-order valence-corrected chi connectivity index (χ4v) is 6.16. The molecule has 3 aliphatic heterocycles. The fraction of sp³-hybridized carbons (Fsp3) is 0.577. The number of amides is 2. The molecule has 3 aliphatic rings. The van der Waals surface area contributed by atoms with E-state index >= 15 is 0 Å². The molecule has 8 nitrogen and oxygen atoms in total. The number of piperidine rings is 2. The molecule has 0 bridgehead atoms. The molecule has 0 unspecified atom stereocenters. The van der Waals surface area contributed by atoms with Gasteiger partial charge in [0.1, 0.15) is 0 Å². The van der Waals surface area contributed by atoms with E-state index in [1.807, 2.05) is 28.0 Å². The van der Waals surface area contributed by atoms with Crippen LogP contribution in [-0.4, -0.2) is 75.7 Å². The van der Waals surface area contributed by atoms with Crippen LogP contribution < -0.4 is 10.2 Å². The summed E-state index contributed by atoms with van der Waals surface area (Å²) in [5, 5.41) is 7.38. The van der Waals surface area contributed by atoms with Gasteiger partial charge < -0.3 is 15.1 Å². The SMILES string of the molecule is CC(=O)Nc1ccn(C(=O)N2CCC3(CCCN3Cc3ccc(Cl)cc3N3CCC(F)(F)CC3)CC2)n1. The molecule has 1 aromatic carbocycles. The lowest BCUT2D eigenvalue weighted by atomic mass is 9.84. The van der Waals surface area contributed by atoms with Gasteiger partial charge in [-0.2, -0.15) is 4.68 Å². The van der Waals surface area contributed by atoms with Crippen molar-refractivity contribution in [1.29, 1.82) is 0 Å². The number of hydrogen-bond acceptors (Lipinski definition) is 5. The van der Waals surface area contributed by atoms with Crippen LogP contribution in [0.2, 0.25) is 5.02 Å². The second-order valence-electron chi connectivity index (χ2n) is 10.5. The van der Waals surface area contributed by atoms with Gasteiger partial charge in [-0.05, 0) is 49.9 Å². The predicted octanol–water partition coefficient (Wildman–Crippen LogP) is 4.83. The van der Waals surface area contributed by atoms with E-state index in [1.54, 1.807) is 12.3 Å². The number of likely N-dealkylation sites (tertiary alicyclic amines) is 2. The molecular formula is C26H33ClF2N6O2. The number of halogens is 3. The molecule has 1 spiro atoms. The van der Waals surface area contributed by atoms with Crippen molar-refractivity contribution in [2.24, 2.45) is 0 Å². The molecule has 1 aromatic heterocycles. The van der Waals surface area contributed by atoms with Crippen molar-refractivity contribution >= 4 is 35.0 Å². The Labute approximate surface area is 220 Å². The summed E-state index contributed by atoms with van der Waals surface area (Å²) >= 11 is 6.32. The number of carbonyl (C=O) groups excluding carboxylic acids is 2. The summed E-state index contributed by atoms with van der Waals surface area (Å²) in [5.41, 5.74) is 2.07. The number of alkyl halides is 2. The maximum Gasteiger partial charge on any atom is 0.344 e. The topological polar surface area (TPSA) is 73.7 Å². The van der Waals surface area contributed by atoms with Crippen LogP contribution in [0, 0.1) is 0 Å². The van der Waals surface area contributed by atoms with Gasteiger partial charge in [-0.3, -0.25) is 9.69 Å². The van der Waals surface area contributed by atoms with Gasteiger partial charge in [-0.1, -0.05) is 17.7 Å². The highest BCUT2D eigenvalue weighted by molar-refractivity contribution is 6.30. The Morgan fingerprint density at radius 1 is 1.03 bits per heavy atom. The Bertz CT molecular complexity index is 1150. The summed E-state index contributed by atoms with van der Waals surface area (Å²) in [6, 6.07) is 7.22. The van der Waals surface area contributed by atoms with Crippen molar-refractivity contribution in [3.63, 3.8) is 0 Å². The first kappa shape index (κ1) is 25.9. The third-order valence-corrected chi connectivity index (χ3v) is 8.27. The third kappa shape index (κ3) is 5.60. The number of hydrogen-bond donors (Lipinski definition) is 1. The Balaban J connectivity index is 1.25. The number of nitrogens with one attached hydrogen (secondary N) is 1. The molecule has 5 rings (SSSR count). The first-order chi connectivity index (χ1) is 17.6. The van der Waals surface area contributed by atoms with E-state index < -0.39 is 5.92 Å². The second-order valence-corrected chi connectivity index (χ2v) is 10.9. The van der Waals surface area contributed by atoms with Gasteiger partial charge in [0.25, 0.3) is 5.92 Å². The van der Waals surface area contributed by atoms with E-state index in [4.69, 9.17) is 11.6 Å². The zero-order valence-electron chi connectivity index (χ0n) is 21.1. The van der Waals surface area contributed by atoms with Crippen molar-refractivity contribution in [1.82, 2.24) is 19.6 Å². The highest BCUT2D eigenvalue weighted by Crippen LogP contribution is 2.41. The predicted molar refractivity (Wildman–Crippen MR) is 138 cm³/mol. The zero-order chi connectivity index (χ0) is 26.2. The number of anilines is 2. The van der Waals surface area contributed by atoms with Gasteiger partial charge in [0, 0.05) is 81.0 Å². The van der Waals surface area contributed by atoms with Crippen LogP contribution in [0.25, 0.3) is 0 Å². The average molecular weight is 535 g/mol. The molecule has 4 heterocycles. The van der Waals surface area contributed by atoms with E-state index in [9.17, 15) is 18.4 Å². The van der Waals surface area contributed by atoms with Gasteiger partial charge in [-0.15, -0.1) is 5.10 Å². The van der Waals surface area contributed by atoms with E-state index in [-0.39, 0.29) is 30.3 Å². The maximum atomic E-state index is 13.8. The van der Waals surface area contributed by atoms with Crippen LogP contribution in [0.15, 0.2) is 30.5 Å². The lowest BCUT2D eigenvalue weighted by Gasteiger charge is -2.45. The van der Waals surface area contributed by atoms with E-state index in [2.05, 4.69) is 15.3 Å². The fourth-order valence-electron chi connectivity index (χ4n) is 5.99. The molecule has 200 valence electrons. The van der Waals surface area contributed by atoms with Gasteiger partial charge >= 0.3 is 6.03 Å². The molecular weight excluding hydrogens is 502 g/mol. The summed E-state index contributed by atoms with van der Waals surface area (Å²) in [5.74, 6) is -2.48. The molecule has 0 radical (unpaired) electrons. The largest absolute Gasteiger partial charge is 0.371 e. The highest BCUT2D eigenvalue weighted by Gasteiger charge is 2.44. The molecule has 1 N–H and O–H groups in total. The quantitative estimate of drug-likeness (QED) is 0.608. The first-order valence-corrected chi connectivity index (χ1v) is 13.3. The highest BCUT2D eigenvalue weighted by atomic mass is 35.5. The number of nitrogens with zero attached hydrogens (tertiary/aromatic N) is 5. The molecule has 0 saturated carbocycles. The molecule has 11 heteroatoms. The monoisotopic (exact) mass is 534 g/mol. The van der Waals surface area contributed by atoms with Gasteiger partial charge in [0.2, 0.25) is 5.91 Å². The summed E-state index contributed by atoms with van der Waals surface area (Å²) in [6.07, 6.45) is 5.17. The van der Waals surface area contributed by atoms with Crippen molar-refractivity contribution < 1.29 is 18.4 Å². The first-order valence-electron chi connectivity index (χ1n) is 12.9. The van der Waals surface area contributed by atoms with Crippen LogP contribution in [0.5, 0.6) is 0 Å². The zero-order valence-corrected chi connectivity index (χ0v) is 21.8. The minimum absolute atomic E-state index is 0.00801. The third-order valence-electron chi connectivity index (χ3n) is 8.04. The number of aromatic nitrogens is 2. The van der Waals surface area contributed by atoms with Gasteiger partial charge in [0.05, 0.1) is 0 Å². The van der Waals surface area contributed by atoms with Crippen LogP contribution in [-0.2, 0) is 11.3 Å². The Hall–Kier alpha value is -2.72. The molecule has 2 aromatic rings. The second kappa shape index (κ2) is 10.2. The minimum atomic E-state index is -2.60. The van der Waals surface area contributed by atoms with Crippen LogP contribution in [0.1, 0.15) is 51.0 Å². The molecule has 0 aliphatic carbocycles. The number of carbonyl (C=O) groups is 2. The van der Waals surface area contributed by atoms with E-state index in [0.717, 1.165) is 50.0 Å². The average Bonchev–Trinajstić information content (AvgIpc) is 3.47. The van der Waals surface area contributed by atoms with E-state index in [1.165, 1.54) is 11.6 Å². The number of rotatable bonds is 4. The van der Waals surface area contributed by atoms with E-state index in [0.29, 0.717) is 37.0 Å². The van der Waals surface area contributed by atoms with Crippen molar-refractivity contribution in [3.05, 3.63) is 41.0 Å². The Morgan fingerprint density at radius 2 is 1.76 bits per heavy atom. The van der Waals surface area contributed by atoms with Crippen molar-refractivity contribution in [2.75, 3.05) is 42.9 Å². The van der Waals surface area contributed by atoms with Crippen LogP contribution >= 0.6 is 11.6 Å². The lowest BCUT2D eigenvalue weighted by Crippen LogP contribution is -2.53. The van der Waals surface area contributed by atoms with Gasteiger partial charge in [-0.25, -0.2) is 13.6 Å². The summed E-state index contributed by atoms with van der Waals surface area (Å²) in [6.45, 7) is 4.98. The van der Waals surface area contributed by atoms with Crippen molar-refractivity contribution in [2.45, 2.75) is 63.5 Å². The summed E-state index contributed by atoms with van der Waals surface area (Å²) in [4.78, 5) is 30.6. The molecule has 3 fully saturated rings. The molecule has 0 atom stereocenters. The Kier molecular flexibility index (Phi) is 7.15. The minimum Gasteiger partial charge on any atom is -0.371 e. The smallest absolute Gasteiger partial charge is 0.344 e. The van der Waals surface area contributed by atoms with Crippen LogP contribution in [0.4, 0.5) is 25.1 Å². The maximum absolute atomic E-state index is 13.8. The lowest BCUT2D eigenvalue weighted by molar-refractivity contribution is -0.114. The van der Waals surface area contributed by atoms with Gasteiger partial charge in [0.15, 0.2) is 5.82 Å². The molecule has 2 amide bonds. The van der Waals surface area contributed by atoms with Crippen molar-refractivity contribution in [3.8, 4) is 0 Å². The Morgan fingerprint density at radius 3 is 2.46 bits per heavy atom. The summed E-state index contributed by atoms with van der Waals surface area (Å²) in [7, 11) is 0. The normalized spacial score (nSPS) is 21.4.